The standard InChI is InChI=1S/C17H16N4O3/c1-11(2)13-4-6-14(7-5-13)17(22)19-18-10-12-3-8-16-15(9-12)20-24-21(16)23/h3-11H,1-2H3,(H,19,22)/b18-10+. The summed E-state index contributed by atoms with van der Waals surface area (Å²) in [5.74, 6) is 0.126. The number of rotatable bonds is 4. The number of hydrazone groups is 1. The Morgan fingerprint density at radius 1 is 1.29 bits per heavy atom. The Morgan fingerprint density at radius 2 is 2.04 bits per heavy atom. The van der Waals surface area contributed by atoms with Gasteiger partial charge in [-0.1, -0.05) is 26.0 Å². The molecule has 0 saturated carbocycles. The van der Waals surface area contributed by atoms with Crippen LogP contribution in [-0.2, 0) is 0 Å². The van der Waals surface area contributed by atoms with E-state index >= 15 is 0 Å². The van der Waals surface area contributed by atoms with E-state index in [1.807, 2.05) is 12.1 Å². The van der Waals surface area contributed by atoms with Gasteiger partial charge >= 0.3 is 0 Å². The smallest absolute Gasteiger partial charge is 0.271 e. The zero-order valence-corrected chi connectivity index (χ0v) is 13.3. The van der Waals surface area contributed by atoms with Gasteiger partial charge in [0.15, 0.2) is 0 Å². The molecule has 0 saturated heterocycles. The fourth-order valence-electron chi connectivity index (χ4n) is 2.22. The van der Waals surface area contributed by atoms with Crippen molar-refractivity contribution >= 4 is 23.2 Å². The molecule has 0 fully saturated rings. The first kappa shape index (κ1) is 15.7. The van der Waals surface area contributed by atoms with Crippen LogP contribution in [-0.4, -0.2) is 17.3 Å². The number of nitrogens with one attached hydrogen (secondary N) is 1. The molecule has 0 aliphatic rings. The Bertz CT molecular complexity index is 898. The number of aromatic nitrogens is 2. The largest absolute Gasteiger partial charge is 0.359 e. The first-order valence-corrected chi connectivity index (χ1v) is 7.47. The third-order valence-corrected chi connectivity index (χ3v) is 3.63. The Morgan fingerprint density at radius 3 is 2.75 bits per heavy atom. The van der Waals surface area contributed by atoms with Gasteiger partial charge < -0.3 is 5.21 Å². The second-order valence-corrected chi connectivity index (χ2v) is 5.65. The SMILES string of the molecule is CC(C)c1ccc(C(=O)N/N=C/c2ccc3c(c2)no[n+]3[O-])cc1. The van der Waals surface area contributed by atoms with Gasteiger partial charge in [-0.15, -0.1) is 0 Å². The summed E-state index contributed by atoms with van der Waals surface area (Å²) in [4.78, 5) is 12.4. The normalized spacial score (nSPS) is 11.5. The van der Waals surface area contributed by atoms with Crippen molar-refractivity contribution < 1.29 is 14.3 Å². The predicted molar refractivity (Wildman–Crippen MR) is 88.6 cm³/mol. The summed E-state index contributed by atoms with van der Waals surface area (Å²) in [7, 11) is 0. The fraction of sp³-hybridized carbons (Fsp3) is 0.176. The average molecular weight is 324 g/mol. The molecule has 0 aliphatic heterocycles. The molecule has 3 rings (SSSR count). The molecule has 0 bridgehead atoms. The monoisotopic (exact) mass is 324 g/mol. The summed E-state index contributed by atoms with van der Waals surface area (Å²) in [5, 5.41) is 18.8. The number of fused-ring (bicyclic) bond motifs is 1. The lowest BCUT2D eigenvalue weighted by molar-refractivity contribution is -0.782. The van der Waals surface area contributed by atoms with E-state index in [9.17, 15) is 10.0 Å². The van der Waals surface area contributed by atoms with Crippen LogP contribution in [0.2, 0.25) is 0 Å². The third-order valence-electron chi connectivity index (χ3n) is 3.63. The van der Waals surface area contributed by atoms with Gasteiger partial charge in [0.05, 0.1) is 6.21 Å². The second-order valence-electron chi connectivity index (χ2n) is 5.65. The molecule has 1 aromatic heterocycles. The van der Waals surface area contributed by atoms with Crippen LogP contribution in [0, 0.1) is 5.21 Å². The Hall–Kier alpha value is -3.22. The van der Waals surface area contributed by atoms with Crippen molar-refractivity contribution in [3.05, 3.63) is 64.4 Å². The molecule has 7 heteroatoms. The van der Waals surface area contributed by atoms with Gasteiger partial charge in [-0.05, 0) is 46.2 Å². The van der Waals surface area contributed by atoms with Crippen LogP contribution < -0.4 is 10.3 Å². The molecular weight excluding hydrogens is 308 g/mol. The maximum Gasteiger partial charge on any atom is 0.271 e. The van der Waals surface area contributed by atoms with Crippen molar-refractivity contribution in [2.24, 2.45) is 5.10 Å². The Labute approximate surface area is 138 Å². The molecule has 2 aromatic carbocycles. The highest BCUT2D eigenvalue weighted by Crippen LogP contribution is 2.14. The highest BCUT2D eigenvalue weighted by Gasteiger charge is 2.09. The van der Waals surface area contributed by atoms with Crippen molar-refractivity contribution in [3.8, 4) is 0 Å². The summed E-state index contributed by atoms with van der Waals surface area (Å²) in [6.07, 6.45) is 1.48. The van der Waals surface area contributed by atoms with Gasteiger partial charge in [-0.2, -0.15) is 5.10 Å². The van der Waals surface area contributed by atoms with Crippen LogP contribution in [0.5, 0.6) is 0 Å². The van der Waals surface area contributed by atoms with Crippen LogP contribution in [0.25, 0.3) is 11.0 Å². The van der Waals surface area contributed by atoms with E-state index < -0.39 is 0 Å². The Balaban J connectivity index is 1.67. The molecule has 3 aromatic rings. The second kappa shape index (κ2) is 6.49. The Kier molecular flexibility index (Phi) is 4.24. The molecule has 0 unspecified atom stereocenters. The summed E-state index contributed by atoms with van der Waals surface area (Å²) in [6.45, 7) is 4.19. The third kappa shape index (κ3) is 3.24. The summed E-state index contributed by atoms with van der Waals surface area (Å²) in [5.41, 5.74) is 5.62. The molecule has 0 spiro atoms. The summed E-state index contributed by atoms with van der Waals surface area (Å²) < 4.78 is 4.49. The topological polar surface area (TPSA) is 94.4 Å². The number of hydrogen-bond donors (Lipinski definition) is 1. The lowest BCUT2D eigenvalue weighted by Gasteiger charge is -2.05. The van der Waals surface area contributed by atoms with Crippen molar-refractivity contribution in [3.63, 3.8) is 0 Å². The van der Waals surface area contributed by atoms with E-state index in [4.69, 9.17) is 0 Å². The minimum atomic E-state index is -0.290. The van der Waals surface area contributed by atoms with E-state index in [-0.39, 0.29) is 5.91 Å². The molecule has 1 amide bonds. The van der Waals surface area contributed by atoms with Gasteiger partial charge in [0.25, 0.3) is 5.91 Å². The van der Waals surface area contributed by atoms with E-state index in [0.717, 1.165) is 0 Å². The van der Waals surface area contributed by atoms with E-state index in [1.165, 1.54) is 11.8 Å². The van der Waals surface area contributed by atoms with Crippen LogP contribution in [0.15, 0.2) is 52.2 Å². The van der Waals surface area contributed by atoms with Crippen molar-refractivity contribution in [2.75, 3.05) is 0 Å². The molecule has 7 nitrogen and oxygen atoms in total. The van der Waals surface area contributed by atoms with Crippen LogP contribution in [0.3, 0.4) is 0 Å². The van der Waals surface area contributed by atoms with Crippen LogP contribution in [0.1, 0.15) is 41.3 Å². The van der Waals surface area contributed by atoms with Gasteiger partial charge in [-0.3, -0.25) is 9.42 Å². The molecule has 1 heterocycles. The maximum absolute atomic E-state index is 12.0. The zero-order chi connectivity index (χ0) is 17.1. The molecule has 0 aliphatic carbocycles. The number of carbonyl (C=O) groups excluding carboxylic acids is 1. The number of benzene rings is 2. The highest BCUT2D eigenvalue weighted by molar-refractivity contribution is 5.95. The number of hydrogen-bond acceptors (Lipinski definition) is 5. The van der Waals surface area contributed by atoms with E-state index in [0.29, 0.717) is 33.0 Å². The fourth-order valence-corrected chi connectivity index (χ4v) is 2.22. The predicted octanol–water partition coefficient (Wildman–Crippen LogP) is 2.35. The summed E-state index contributed by atoms with van der Waals surface area (Å²) >= 11 is 0. The molecule has 1 N–H and O–H groups in total. The van der Waals surface area contributed by atoms with Gasteiger partial charge in [0.1, 0.15) is 0 Å². The van der Waals surface area contributed by atoms with Crippen molar-refractivity contribution in [1.82, 2.24) is 10.6 Å². The van der Waals surface area contributed by atoms with Crippen LogP contribution >= 0.6 is 0 Å². The zero-order valence-electron chi connectivity index (χ0n) is 13.3. The molecular formula is C17H16N4O3. The lowest BCUT2D eigenvalue weighted by Crippen LogP contribution is -2.22. The van der Waals surface area contributed by atoms with Gasteiger partial charge in [0.2, 0.25) is 11.0 Å². The summed E-state index contributed by atoms with van der Waals surface area (Å²) in [6, 6.07) is 12.3. The molecule has 0 atom stereocenters. The van der Waals surface area contributed by atoms with Crippen LogP contribution in [0.4, 0.5) is 0 Å². The maximum atomic E-state index is 12.0. The first-order valence-electron chi connectivity index (χ1n) is 7.47. The van der Waals surface area contributed by atoms with Crippen molar-refractivity contribution in [1.29, 1.82) is 0 Å². The number of amides is 1. The quantitative estimate of drug-likeness (QED) is 0.453. The molecule has 0 radical (unpaired) electrons. The van der Waals surface area contributed by atoms with E-state index in [2.05, 4.69) is 34.2 Å². The minimum absolute atomic E-state index is 0.290. The van der Waals surface area contributed by atoms with Gasteiger partial charge in [-0.25, -0.2) is 5.43 Å². The van der Waals surface area contributed by atoms with Gasteiger partial charge in [0, 0.05) is 16.8 Å². The number of nitrogens with zero attached hydrogens (tertiary/aromatic N) is 3. The lowest BCUT2D eigenvalue weighted by atomic mass is 10.0. The minimum Gasteiger partial charge on any atom is -0.359 e. The number of carbonyl (C=O) groups is 1. The molecule has 24 heavy (non-hydrogen) atoms. The van der Waals surface area contributed by atoms with E-state index in [1.54, 1.807) is 30.3 Å². The van der Waals surface area contributed by atoms with Crippen molar-refractivity contribution in [2.45, 2.75) is 19.8 Å². The first-order chi connectivity index (χ1) is 11.5. The average Bonchev–Trinajstić information content (AvgIpc) is 2.95. The molecule has 122 valence electrons. The highest BCUT2D eigenvalue weighted by atomic mass is 16.8.